The van der Waals surface area contributed by atoms with Crippen LogP contribution >= 0.6 is 0 Å². The molecule has 1 aliphatic heterocycles. The Labute approximate surface area is 256 Å². The molecule has 0 amide bonds. The number of rotatable bonds is 4. The van der Waals surface area contributed by atoms with Crippen LogP contribution in [0.1, 0.15) is 71.3 Å². The number of aromatic nitrogens is 2. The third-order valence-electron chi connectivity index (χ3n) is 7.77. The van der Waals surface area contributed by atoms with Gasteiger partial charge in [-0.1, -0.05) is 83.0 Å². The fourth-order valence-electron chi connectivity index (χ4n) is 5.30. The molecule has 1 atom stereocenters. The van der Waals surface area contributed by atoms with Gasteiger partial charge in [0.2, 0.25) is 0 Å². The van der Waals surface area contributed by atoms with Crippen molar-refractivity contribution in [1.29, 1.82) is 0 Å². The zero-order valence-electron chi connectivity index (χ0n) is 25.6. The summed E-state index contributed by atoms with van der Waals surface area (Å²) in [6, 6.07) is 25.0. The molecule has 4 aromatic rings. The van der Waals surface area contributed by atoms with Crippen LogP contribution in [0.5, 0.6) is 5.75 Å². The number of hydrogen-bond donors (Lipinski definition) is 2. The summed E-state index contributed by atoms with van der Waals surface area (Å²) < 4.78 is 35.7. The van der Waals surface area contributed by atoms with Crippen molar-refractivity contribution in [2.45, 2.75) is 70.7 Å². The normalized spacial score (nSPS) is 17.1. The maximum absolute atomic E-state index is 13.4. The molecule has 226 valence electrons. The van der Waals surface area contributed by atoms with E-state index in [4.69, 9.17) is 9.72 Å². The zero-order valence-corrected chi connectivity index (χ0v) is 26.4. The Kier molecular flexibility index (Phi) is 9.35. The summed E-state index contributed by atoms with van der Waals surface area (Å²) in [5, 5.41) is 3.22. The first-order valence-electron chi connectivity index (χ1n) is 15.2. The van der Waals surface area contributed by atoms with Gasteiger partial charge in [-0.3, -0.25) is 4.72 Å². The second-order valence-electron chi connectivity index (χ2n) is 12.5. The number of sulfonamides is 1. The van der Waals surface area contributed by atoms with Gasteiger partial charge in [-0.05, 0) is 78.1 Å². The minimum atomic E-state index is -3.97. The minimum absolute atomic E-state index is 0.0524. The number of nitrogens with one attached hydrogen (secondary N) is 2. The van der Waals surface area contributed by atoms with Crippen LogP contribution in [0.15, 0.2) is 83.9 Å². The number of anilines is 2. The van der Waals surface area contributed by atoms with E-state index in [0.29, 0.717) is 18.3 Å². The van der Waals surface area contributed by atoms with Crippen molar-refractivity contribution in [2.24, 2.45) is 5.41 Å². The smallest absolute Gasteiger partial charge is 0.280 e. The topological polar surface area (TPSA) is 93.2 Å². The van der Waals surface area contributed by atoms with Crippen LogP contribution in [0.4, 0.5) is 11.6 Å². The van der Waals surface area contributed by atoms with Gasteiger partial charge in [0, 0.05) is 17.7 Å². The Morgan fingerprint density at radius 3 is 2.51 bits per heavy atom. The molecule has 0 saturated heterocycles. The van der Waals surface area contributed by atoms with Gasteiger partial charge < -0.3 is 10.1 Å². The minimum Gasteiger partial charge on any atom is -0.494 e. The molecule has 2 N–H and O–H groups in total. The van der Waals surface area contributed by atoms with Crippen molar-refractivity contribution in [2.75, 3.05) is 23.2 Å². The van der Waals surface area contributed by atoms with Crippen LogP contribution < -0.4 is 14.8 Å². The van der Waals surface area contributed by atoms with Gasteiger partial charge in [-0.15, -0.1) is 0 Å². The number of benzene rings is 2. The number of ether oxygens (including phenoxy) is 1. The maximum atomic E-state index is 13.4. The van der Waals surface area contributed by atoms with Gasteiger partial charge in [0.05, 0.1) is 12.3 Å². The summed E-state index contributed by atoms with van der Waals surface area (Å²) in [5.41, 5.74) is 4.97. The summed E-state index contributed by atoms with van der Waals surface area (Å²) in [5.74, 6) is 1.88. The molecule has 7 nitrogen and oxygen atoms in total. The SMILES string of the molecule is CC1CCCCCNc2cccc(n2)S(=O)(=O)Nc2ccc(-c3cccc(OCCC(C)(C)C)c3)c(n2)-c2ccccc21. The standard InChI is InChI=1S/C35H42N4O3S/c1-25-12-6-5-9-22-36-31-17-11-18-33(37-31)43(40,41)39-32-20-19-29(34(38-32)30-16-8-7-15-28(25)30)26-13-10-14-27(24-26)42-23-21-35(2,3)4/h7-8,10-11,13-20,24-25H,5-6,9,12,21-23H2,1-4H3,(H,36,37)(H,38,39). The lowest BCUT2D eigenvalue weighted by Gasteiger charge is -2.20. The highest BCUT2D eigenvalue weighted by Crippen LogP contribution is 2.38. The first-order valence-corrected chi connectivity index (χ1v) is 16.6. The van der Waals surface area contributed by atoms with E-state index >= 15 is 0 Å². The molecule has 0 saturated carbocycles. The molecule has 0 aliphatic carbocycles. The van der Waals surface area contributed by atoms with Crippen LogP contribution in [0.2, 0.25) is 0 Å². The molecular weight excluding hydrogens is 556 g/mol. The van der Waals surface area contributed by atoms with E-state index in [0.717, 1.165) is 66.8 Å². The summed E-state index contributed by atoms with van der Waals surface area (Å²) in [7, 11) is -3.97. The third kappa shape index (κ3) is 7.93. The molecule has 8 heteroatoms. The zero-order chi connectivity index (χ0) is 30.5. The van der Waals surface area contributed by atoms with Gasteiger partial charge in [0.1, 0.15) is 17.4 Å². The molecular formula is C35H42N4O3S. The highest BCUT2D eigenvalue weighted by Gasteiger charge is 2.21. The fraction of sp³-hybridized carbons (Fsp3) is 0.371. The molecule has 2 aromatic heterocycles. The Bertz CT molecular complexity index is 1660. The molecule has 4 bridgehead atoms. The molecule has 5 rings (SSSR count). The summed E-state index contributed by atoms with van der Waals surface area (Å²) in [4.78, 5) is 9.33. The average Bonchev–Trinajstić information content (AvgIpc) is 2.98. The quantitative estimate of drug-likeness (QED) is 0.245. The molecule has 2 aromatic carbocycles. The van der Waals surface area contributed by atoms with E-state index in [1.54, 1.807) is 18.2 Å². The highest BCUT2D eigenvalue weighted by molar-refractivity contribution is 7.92. The van der Waals surface area contributed by atoms with Gasteiger partial charge in [-0.2, -0.15) is 8.42 Å². The molecule has 0 spiro atoms. The number of pyridine rings is 2. The van der Waals surface area contributed by atoms with Gasteiger partial charge in [-0.25, -0.2) is 9.97 Å². The van der Waals surface area contributed by atoms with Crippen molar-refractivity contribution in [1.82, 2.24) is 9.97 Å². The predicted molar refractivity (Wildman–Crippen MR) is 175 cm³/mol. The monoisotopic (exact) mass is 598 g/mol. The van der Waals surface area contributed by atoms with E-state index in [1.807, 2.05) is 36.4 Å². The van der Waals surface area contributed by atoms with Crippen LogP contribution in [0, 0.1) is 5.41 Å². The Morgan fingerprint density at radius 1 is 0.860 bits per heavy atom. The van der Waals surface area contributed by atoms with Crippen molar-refractivity contribution in [3.8, 4) is 28.1 Å². The van der Waals surface area contributed by atoms with Crippen molar-refractivity contribution in [3.63, 3.8) is 0 Å². The Morgan fingerprint density at radius 2 is 1.67 bits per heavy atom. The first-order chi connectivity index (χ1) is 20.6. The van der Waals surface area contributed by atoms with Crippen molar-refractivity contribution < 1.29 is 13.2 Å². The van der Waals surface area contributed by atoms with Crippen molar-refractivity contribution in [3.05, 3.63) is 84.4 Å². The summed E-state index contributed by atoms with van der Waals surface area (Å²) in [6.45, 7) is 10.2. The molecule has 0 fully saturated rings. The second kappa shape index (κ2) is 13.2. The number of fused-ring (bicyclic) bond motifs is 6. The lowest BCUT2D eigenvalue weighted by atomic mass is 9.88. The Balaban J connectivity index is 1.60. The molecule has 1 unspecified atom stereocenters. The van der Waals surface area contributed by atoms with Crippen LogP contribution in [0.25, 0.3) is 22.4 Å². The third-order valence-corrected chi connectivity index (χ3v) is 9.02. The molecule has 0 radical (unpaired) electrons. The molecule has 43 heavy (non-hydrogen) atoms. The summed E-state index contributed by atoms with van der Waals surface area (Å²) >= 11 is 0. The largest absolute Gasteiger partial charge is 0.494 e. The van der Waals surface area contributed by atoms with Gasteiger partial charge in [0.15, 0.2) is 5.03 Å². The van der Waals surface area contributed by atoms with Gasteiger partial charge >= 0.3 is 0 Å². The van der Waals surface area contributed by atoms with E-state index in [2.05, 4.69) is 60.9 Å². The first kappa shape index (κ1) is 30.5. The summed E-state index contributed by atoms with van der Waals surface area (Å²) in [6.07, 6.45) is 5.13. The number of nitrogens with zero attached hydrogens (tertiary/aromatic N) is 2. The highest BCUT2D eigenvalue weighted by atomic mass is 32.2. The van der Waals surface area contributed by atoms with E-state index < -0.39 is 10.0 Å². The van der Waals surface area contributed by atoms with Crippen LogP contribution in [-0.4, -0.2) is 31.5 Å². The van der Waals surface area contributed by atoms with Crippen LogP contribution in [-0.2, 0) is 10.0 Å². The Hall–Kier alpha value is -3.91. The predicted octanol–water partition coefficient (Wildman–Crippen LogP) is 8.52. The maximum Gasteiger partial charge on any atom is 0.280 e. The average molecular weight is 599 g/mol. The lowest BCUT2D eigenvalue weighted by Crippen LogP contribution is -2.16. The van der Waals surface area contributed by atoms with Crippen LogP contribution in [0.3, 0.4) is 0 Å². The fourth-order valence-corrected chi connectivity index (χ4v) is 6.27. The van der Waals surface area contributed by atoms with E-state index in [-0.39, 0.29) is 16.3 Å². The van der Waals surface area contributed by atoms with Crippen molar-refractivity contribution >= 4 is 21.7 Å². The number of hydrogen-bond acceptors (Lipinski definition) is 6. The second-order valence-corrected chi connectivity index (χ2v) is 14.1. The molecule has 1 aliphatic rings. The van der Waals surface area contributed by atoms with E-state index in [1.165, 1.54) is 11.6 Å². The molecule has 3 heterocycles. The lowest BCUT2D eigenvalue weighted by molar-refractivity contribution is 0.243. The van der Waals surface area contributed by atoms with Gasteiger partial charge in [0.25, 0.3) is 10.0 Å². The van der Waals surface area contributed by atoms with E-state index in [9.17, 15) is 8.42 Å².